The molecule has 9 heteroatoms. The Labute approximate surface area is 109 Å². The molecule has 114 valence electrons. The van der Waals surface area contributed by atoms with Crippen molar-refractivity contribution in [1.29, 1.82) is 0 Å². The Morgan fingerprint density at radius 3 is 1.85 bits per heavy atom. The van der Waals surface area contributed by atoms with E-state index in [1.807, 2.05) is 0 Å². The molecule has 0 amide bonds. The van der Waals surface area contributed by atoms with Gasteiger partial charge in [0.05, 0.1) is 14.2 Å². The highest BCUT2D eigenvalue weighted by Crippen LogP contribution is 2.46. The molecular formula is C11H10F6O3. The van der Waals surface area contributed by atoms with Crippen LogP contribution in [0.25, 0.3) is 0 Å². The third-order valence-corrected chi connectivity index (χ3v) is 2.52. The third-order valence-electron chi connectivity index (χ3n) is 2.52. The average Bonchev–Trinajstić information content (AvgIpc) is 2.36. The van der Waals surface area contributed by atoms with Gasteiger partial charge >= 0.3 is 12.1 Å². The number of aliphatic hydroxyl groups excluding tert-OH is 1. The smallest absolute Gasteiger partial charge is 0.456 e. The number of alkyl halides is 5. The minimum atomic E-state index is -6.02. The van der Waals surface area contributed by atoms with Gasteiger partial charge < -0.3 is 14.6 Å². The summed E-state index contributed by atoms with van der Waals surface area (Å²) in [5, 5.41) is 9.14. The monoisotopic (exact) mass is 304 g/mol. The van der Waals surface area contributed by atoms with Crippen LogP contribution in [0.3, 0.4) is 0 Å². The molecule has 0 saturated carbocycles. The van der Waals surface area contributed by atoms with Crippen LogP contribution in [0, 0.1) is 5.82 Å². The van der Waals surface area contributed by atoms with E-state index in [2.05, 4.69) is 9.47 Å². The van der Waals surface area contributed by atoms with E-state index in [-0.39, 0.29) is 11.5 Å². The first-order chi connectivity index (χ1) is 9.06. The Morgan fingerprint density at radius 2 is 1.45 bits per heavy atom. The summed E-state index contributed by atoms with van der Waals surface area (Å²) in [4.78, 5) is 0. The van der Waals surface area contributed by atoms with E-state index in [0.29, 0.717) is 12.1 Å². The zero-order valence-electron chi connectivity index (χ0n) is 10.3. The van der Waals surface area contributed by atoms with Crippen molar-refractivity contribution in [2.75, 3.05) is 14.2 Å². The Morgan fingerprint density at radius 1 is 1.00 bits per heavy atom. The minimum absolute atomic E-state index is 0.212. The molecule has 0 saturated heterocycles. The van der Waals surface area contributed by atoms with Crippen molar-refractivity contribution < 1.29 is 40.9 Å². The van der Waals surface area contributed by atoms with E-state index in [1.165, 1.54) is 0 Å². The van der Waals surface area contributed by atoms with Gasteiger partial charge in [-0.3, -0.25) is 0 Å². The fourth-order valence-electron chi connectivity index (χ4n) is 1.43. The standard InChI is InChI=1S/C11H10F6O3/c1-19-7-3-5(6(12)4-8(7)20-2)9(18)10(13,14)11(15,16)17/h3-4,9,18H,1-2H3. The predicted molar refractivity (Wildman–Crippen MR) is 55.5 cm³/mol. The van der Waals surface area contributed by atoms with Gasteiger partial charge in [0, 0.05) is 11.6 Å². The van der Waals surface area contributed by atoms with E-state index >= 15 is 0 Å². The number of hydrogen-bond donors (Lipinski definition) is 1. The molecule has 1 N–H and O–H groups in total. The first kappa shape index (κ1) is 16.4. The summed E-state index contributed by atoms with van der Waals surface area (Å²) in [6, 6.07) is 1.07. The molecule has 0 radical (unpaired) electrons. The molecule has 0 aliphatic heterocycles. The molecule has 0 spiro atoms. The zero-order chi connectivity index (χ0) is 15.7. The number of ether oxygens (including phenoxy) is 2. The molecular weight excluding hydrogens is 294 g/mol. The van der Waals surface area contributed by atoms with Gasteiger partial charge in [-0.2, -0.15) is 22.0 Å². The van der Waals surface area contributed by atoms with Gasteiger partial charge in [0.25, 0.3) is 0 Å². The normalized spacial score (nSPS) is 14.1. The highest BCUT2D eigenvalue weighted by Gasteiger charge is 2.63. The number of rotatable bonds is 4. The lowest BCUT2D eigenvalue weighted by Gasteiger charge is -2.25. The second-order valence-electron chi connectivity index (χ2n) is 3.75. The molecule has 1 unspecified atom stereocenters. The van der Waals surface area contributed by atoms with Crippen molar-refractivity contribution in [3.8, 4) is 11.5 Å². The molecule has 1 rings (SSSR count). The third kappa shape index (κ3) is 2.77. The van der Waals surface area contributed by atoms with Crippen LogP contribution in [0.5, 0.6) is 11.5 Å². The van der Waals surface area contributed by atoms with E-state index in [4.69, 9.17) is 5.11 Å². The van der Waals surface area contributed by atoms with Crippen molar-refractivity contribution in [2.45, 2.75) is 18.2 Å². The molecule has 20 heavy (non-hydrogen) atoms. The summed E-state index contributed by atoms with van der Waals surface area (Å²) in [6.07, 6.45) is -9.42. The summed E-state index contributed by atoms with van der Waals surface area (Å²) in [5.74, 6) is -7.48. The first-order valence-electron chi connectivity index (χ1n) is 5.10. The Bertz CT molecular complexity index is 486. The lowest BCUT2D eigenvalue weighted by atomic mass is 10.0. The van der Waals surface area contributed by atoms with Gasteiger partial charge in [-0.1, -0.05) is 0 Å². The summed E-state index contributed by atoms with van der Waals surface area (Å²) in [6.45, 7) is 0. The maximum Gasteiger partial charge on any atom is 0.456 e. The number of aliphatic hydroxyl groups is 1. The summed E-state index contributed by atoms with van der Waals surface area (Å²) >= 11 is 0. The van der Waals surface area contributed by atoms with Gasteiger partial charge in [-0.05, 0) is 6.07 Å². The van der Waals surface area contributed by atoms with Crippen molar-refractivity contribution in [2.24, 2.45) is 0 Å². The Balaban J connectivity index is 3.33. The molecule has 1 atom stereocenters. The van der Waals surface area contributed by atoms with Gasteiger partial charge in [-0.15, -0.1) is 0 Å². The molecule has 0 aromatic heterocycles. The lowest BCUT2D eigenvalue weighted by Crippen LogP contribution is -2.42. The van der Waals surface area contributed by atoms with E-state index in [1.54, 1.807) is 0 Å². The summed E-state index contributed by atoms with van der Waals surface area (Å²) < 4.78 is 85.2. The molecule has 0 aliphatic carbocycles. The van der Waals surface area contributed by atoms with Crippen LogP contribution >= 0.6 is 0 Å². The topological polar surface area (TPSA) is 38.7 Å². The molecule has 1 aromatic rings. The molecule has 0 bridgehead atoms. The summed E-state index contributed by atoms with van der Waals surface area (Å²) in [7, 11) is 2.20. The highest BCUT2D eigenvalue weighted by atomic mass is 19.4. The molecule has 3 nitrogen and oxygen atoms in total. The van der Waals surface area contributed by atoms with Crippen LogP contribution in [0.2, 0.25) is 0 Å². The van der Waals surface area contributed by atoms with Gasteiger partial charge in [0.1, 0.15) is 5.82 Å². The van der Waals surface area contributed by atoms with E-state index < -0.39 is 29.6 Å². The number of methoxy groups -OCH3 is 2. The summed E-state index contributed by atoms with van der Waals surface area (Å²) in [5.41, 5.74) is -1.25. The number of hydrogen-bond acceptors (Lipinski definition) is 3. The van der Waals surface area contributed by atoms with E-state index in [9.17, 15) is 26.3 Å². The quantitative estimate of drug-likeness (QED) is 0.869. The van der Waals surface area contributed by atoms with Gasteiger partial charge in [-0.25, -0.2) is 4.39 Å². The van der Waals surface area contributed by atoms with E-state index in [0.717, 1.165) is 14.2 Å². The molecule has 0 heterocycles. The van der Waals surface area contributed by atoms with Gasteiger partial charge in [0.15, 0.2) is 17.6 Å². The zero-order valence-corrected chi connectivity index (χ0v) is 10.3. The van der Waals surface area contributed by atoms with Crippen LogP contribution in [0.1, 0.15) is 11.7 Å². The molecule has 0 fully saturated rings. The fraction of sp³-hybridized carbons (Fsp3) is 0.455. The maximum atomic E-state index is 13.5. The van der Waals surface area contributed by atoms with Crippen molar-refractivity contribution >= 4 is 0 Å². The SMILES string of the molecule is COc1cc(F)c(C(O)C(F)(F)C(F)(F)F)cc1OC. The van der Waals surface area contributed by atoms with Crippen LogP contribution in [-0.4, -0.2) is 31.4 Å². The average molecular weight is 304 g/mol. The van der Waals surface area contributed by atoms with Crippen molar-refractivity contribution in [1.82, 2.24) is 0 Å². The van der Waals surface area contributed by atoms with Crippen LogP contribution in [0.15, 0.2) is 12.1 Å². The number of halogens is 6. The van der Waals surface area contributed by atoms with Crippen molar-refractivity contribution in [3.63, 3.8) is 0 Å². The Kier molecular flexibility index (Phi) is 4.42. The Hall–Kier alpha value is -1.64. The first-order valence-corrected chi connectivity index (χ1v) is 5.10. The van der Waals surface area contributed by atoms with Crippen molar-refractivity contribution in [3.05, 3.63) is 23.5 Å². The minimum Gasteiger partial charge on any atom is -0.493 e. The fourth-order valence-corrected chi connectivity index (χ4v) is 1.43. The molecule has 0 aliphatic rings. The lowest BCUT2D eigenvalue weighted by molar-refractivity contribution is -0.315. The van der Waals surface area contributed by atoms with Crippen LogP contribution in [-0.2, 0) is 0 Å². The molecule has 1 aromatic carbocycles. The van der Waals surface area contributed by atoms with Gasteiger partial charge in [0.2, 0.25) is 0 Å². The largest absolute Gasteiger partial charge is 0.493 e. The second kappa shape index (κ2) is 5.39. The maximum absolute atomic E-state index is 13.5. The van der Waals surface area contributed by atoms with Crippen LogP contribution < -0.4 is 9.47 Å². The highest BCUT2D eigenvalue weighted by molar-refractivity contribution is 5.44. The second-order valence-corrected chi connectivity index (χ2v) is 3.75. The number of benzene rings is 1. The predicted octanol–water partition coefficient (Wildman–Crippen LogP) is 3.07. The van der Waals surface area contributed by atoms with Crippen LogP contribution in [0.4, 0.5) is 26.3 Å².